The maximum atomic E-state index is 12.2. The summed E-state index contributed by atoms with van der Waals surface area (Å²) in [6.45, 7) is 0.142. The van der Waals surface area contributed by atoms with E-state index in [4.69, 9.17) is 21.4 Å². The fraction of sp³-hybridized carbons (Fsp3) is 0.0769. The minimum absolute atomic E-state index is 0.156. The lowest BCUT2D eigenvalue weighted by molar-refractivity contribution is -0.142. The first-order valence-electron chi connectivity index (χ1n) is 10.5. The van der Waals surface area contributed by atoms with Crippen molar-refractivity contribution in [2.45, 2.75) is 6.54 Å². The maximum Gasteiger partial charge on any atom is 0.331 e. The molecule has 2 aromatic carbocycles. The van der Waals surface area contributed by atoms with Crippen LogP contribution in [0.4, 0.5) is 5.69 Å². The van der Waals surface area contributed by atoms with Gasteiger partial charge in [-0.15, -0.1) is 0 Å². The minimum atomic E-state index is -0.651. The predicted octanol–water partition coefficient (Wildman–Crippen LogP) is 4.84. The summed E-state index contributed by atoms with van der Waals surface area (Å²) < 4.78 is 6.88. The van der Waals surface area contributed by atoms with Gasteiger partial charge in [-0.2, -0.15) is 5.10 Å². The molecule has 0 aliphatic carbocycles. The van der Waals surface area contributed by atoms with Crippen LogP contribution in [-0.4, -0.2) is 33.2 Å². The van der Waals surface area contributed by atoms with Gasteiger partial charge in [-0.25, -0.2) is 9.78 Å². The summed E-state index contributed by atoms with van der Waals surface area (Å²) in [5, 5.41) is 7.42. The highest BCUT2D eigenvalue weighted by Crippen LogP contribution is 2.23. The second kappa shape index (κ2) is 11.1. The number of hydrogen-bond acceptors (Lipinski definition) is 5. The van der Waals surface area contributed by atoms with Crippen LogP contribution < -0.4 is 5.32 Å². The Balaban J connectivity index is 1.44. The SMILES string of the molecule is O=C(COC(=O)/C=C/c1cn(Cc2ccccc2)nc1-c1ccccc1)Nc1cccnc1Cl. The molecule has 4 rings (SSSR count). The zero-order chi connectivity index (χ0) is 23.8. The van der Waals surface area contributed by atoms with E-state index in [1.54, 1.807) is 18.2 Å². The summed E-state index contributed by atoms with van der Waals surface area (Å²) in [7, 11) is 0. The smallest absolute Gasteiger partial charge is 0.331 e. The highest BCUT2D eigenvalue weighted by molar-refractivity contribution is 6.32. The van der Waals surface area contributed by atoms with E-state index in [0.717, 1.165) is 22.4 Å². The number of amides is 1. The molecule has 4 aromatic rings. The Morgan fingerprint density at radius 3 is 2.47 bits per heavy atom. The quantitative estimate of drug-likeness (QED) is 0.225. The molecule has 1 N–H and O–H groups in total. The molecule has 0 aliphatic heterocycles. The van der Waals surface area contributed by atoms with Crippen LogP contribution in [0.15, 0.2) is 91.3 Å². The van der Waals surface area contributed by atoms with Crippen LogP contribution in [0.5, 0.6) is 0 Å². The zero-order valence-electron chi connectivity index (χ0n) is 18.1. The van der Waals surface area contributed by atoms with E-state index < -0.39 is 18.5 Å². The van der Waals surface area contributed by atoms with Crippen LogP contribution in [0.3, 0.4) is 0 Å². The van der Waals surface area contributed by atoms with Crippen LogP contribution in [0, 0.1) is 0 Å². The normalized spacial score (nSPS) is 10.9. The molecule has 170 valence electrons. The van der Waals surface area contributed by atoms with E-state index in [-0.39, 0.29) is 5.15 Å². The lowest BCUT2D eigenvalue weighted by atomic mass is 10.1. The van der Waals surface area contributed by atoms with Gasteiger partial charge >= 0.3 is 5.97 Å². The molecule has 0 saturated carbocycles. The van der Waals surface area contributed by atoms with Gasteiger partial charge in [-0.1, -0.05) is 72.3 Å². The fourth-order valence-electron chi connectivity index (χ4n) is 3.24. The second-order valence-electron chi connectivity index (χ2n) is 7.31. The third-order valence-electron chi connectivity index (χ3n) is 4.80. The maximum absolute atomic E-state index is 12.2. The average molecular weight is 473 g/mol. The van der Waals surface area contributed by atoms with Gasteiger partial charge in [0.15, 0.2) is 11.8 Å². The van der Waals surface area contributed by atoms with Crippen molar-refractivity contribution in [2.75, 3.05) is 11.9 Å². The molecule has 0 bridgehead atoms. The number of carbonyl (C=O) groups is 2. The summed E-state index contributed by atoms with van der Waals surface area (Å²) in [4.78, 5) is 28.2. The van der Waals surface area contributed by atoms with Crippen LogP contribution in [0.2, 0.25) is 5.15 Å². The van der Waals surface area contributed by atoms with Gasteiger partial charge < -0.3 is 10.1 Å². The summed E-state index contributed by atoms with van der Waals surface area (Å²) in [6, 6.07) is 22.9. The molecule has 0 radical (unpaired) electrons. The van der Waals surface area contributed by atoms with Gasteiger partial charge in [0, 0.05) is 29.6 Å². The molecule has 0 saturated heterocycles. The molecule has 0 fully saturated rings. The van der Waals surface area contributed by atoms with Gasteiger partial charge in [0.2, 0.25) is 0 Å². The monoisotopic (exact) mass is 472 g/mol. The molecule has 7 nitrogen and oxygen atoms in total. The lowest BCUT2D eigenvalue weighted by Crippen LogP contribution is -2.20. The Morgan fingerprint density at radius 2 is 1.74 bits per heavy atom. The number of nitrogens with one attached hydrogen (secondary N) is 1. The molecular formula is C26H21ClN4O3. The Bertz CT molecular complexity index is 1300. The molecule has 0 unspecified atom stereocenters. The number of pyridine rings is 1. The highest BCUT2D eigenvalue weighted by Gasteiger charge is 2.11. The number of benzene rings is 2. The standard InChI is InChI=1S/C26H21ClN4O3/c27-26-22(12-7-15-28-26)29-23(32)18-34-24(33)14-13-21-17-31(16-19-8-3-1-4-9-19)30-25(21)20-10-5-2-6-11-20/h1-15,17H,16,18H2,(H,29,32)/b14-13+. The third kappa shape index (κ3) is 6.17. The zero-order valence-corrected chi connectivity index (χ0v) is 18.9. The molecular weight excluding hydrogens is 452 g/mol. The summed E-state index contributed by atoms with van der Waals surface area (Å²) in [5.41, 5.74) is 3.88. The Kier molecular flexibility index (Phi) is 7.47. The fourth-order valence-corrected chi connectivity index (χ4v) is 3.41. The number of anilines is 1. The van der Waals surface area contributed by atoms with Crippen LogP contribution in [-0.2, 0) is 20.9 Å². The number of ether oxygens (including phenoxy) is 1. The van der Waals surface area contributed by atoms with E-state index >= 15 is 0 Å². The first kappa shape index (κ1) is 22.9. The van der Waals surface area contributed by atoms with Crippen molar-refractivity contribution in [1.82, 2.24) is 14.8 Å². The number of hydrogen-bond donors (Lipinski definition) is 1. The van der Waals surface area contributed by atoms with E-state index in [1.807, 2.05) is 71.5 Å². The number of carbonyl (C=O) groups excluding carboxylic acids is 2. The van der Waals surface area contributed by atoms with Gasteiger partial charge in [0.25, 0.3) is 5.91 Å². The predicted molar refractivity (Wildman–Crippen MR) is 131 cm³/mol. The van der Waals surface area contributed by atoms with Crippen molar-refractivity contribution >= 4 is 35.2 Å². The summed E-state index contributed by atoms with van der Waals surface area (Å²) in [5.74, 6) is -1.17. The molecule has 2 aromatic heterocycles. The van der Waals surface area contributed by atoms with Gasteiger partial charge in [-0.05, 0) is 23.8 Å². The van der Waals surface area contributed by atoms with Crippen molar-refractivity contribution in [1.29, 1.82) is 0 Å². The van der Waals surface area contributed by atoms with Crippen molar-refractivity contribution in [3.8, 4) is 11.3 Å². The first-order chi connectivity index (χ1) is 16.6. The molecule has 0 aliphatic rings. The van der Waals surface area contributed by atoms with Crippen LogP contribution in [0.25, 0.3) is 17.3 Å². The van der Waals surface area contributed by atoms with Gasteiger partial charge in [0.05, 0.1) is 17.9 Å². The first-order valence-corrected chi connectivity index (χ1v) is 10.9. The van der Waals surface area contributed by atoms with Crippen molar-refractivity contribution in [3.05, 3.63) is 108 Å². The highest BCUT2D eigenvalue weighted by atomic mass is 35.5. The second-order valence-corrected chi connectivity index (χ2v) is 7.67. The summed E-state index contributed by atoms with van der Waals surface area (Å²) in [6.07, 6.45) is 6.29. The van der Waals surface area contributed by atoms with Crippen LogP contribution in [0.1, 0.15) is 11.1 Å². The molecule has 0 atom stereocenters. The van der Waals surface area contributed by atoms with E-state index in [2.05, 4.69) is 10.3 Å². The van der Waals surface area contributed by atoms with Crippen LogP contribution >= 0.6 is 11.6 Å². The van der Waals surface area contributed by atoms with Crippen molar-refractivity contribution < 1.29 is 14.3 Å². The topological polar surface area (TPSA) is 86.1 Å². The molecule has 1 amide bonds. The number of nitrogens with zero attached hydrogens (tertiary/aromatic N) is 3. The van der Waals surface area contributed by atoms with E-state index in [0.29, 0.717) is 12.2 Å². The third-order valence-corrected chi connectivity index (χ3v) is 5.10. The molecule has 8 heteroatoms. The lowest BCUT2D eigenvalue weighted by Gasteiger charge is -2.06. The van der Waals surface area contributed by atoms with E-state index in [1.165, 1.54) is 12.3 Å². The van der Waals surface area contributed by atoms with Crippen molar-refractivity contribution in [3.63, 3.8) is 0 Å². The molecule has 0 spiro atoms. The Morgan fingerprint density at radius 1 is 1.00 bits per heavy atom. The average Bonchev–Trinajstić information content (AvgIpc) is 3.26. The summed E-state index contributed by atoms with van der Waals surface area (Å²) >= 11 is 5.91. The number of halogens is 1. The largest absolute Gasteiger partial charge is 0.452 e. The number of esters is 1. The van der Waals surface area contributed by atoms with Gasteiger partial charge in [0.1, 0.15) is 0 Å². The van der Waals surface area contributed by atoms with E-state index in [9.17, 15) is 9.59 Å². The Labute approximate surface area is 201 Å². The molecule has 34 heavy (non-hydrogen) atoms. The van der Waals surface area contributed by atoms with Gasteiger partial charge in [-0.3, -0.25) is 9.48 Å². The number of rotatable bonds is 8. The Hall–Kier alpha value is -4.23. The number of aromatic nitrogens is 3. The van der Waals surface area contributed by atoms with Crippen molar-refractivity contribution in [2.24, 2.45) is 0 Å². The molecule has 2 heterocycles. The minimum Gasteiger partial charge on any atom is -0.452 e.